The summed E-state index contributed by atoms with van der Waals surface area (Å²) in [4.78, 5) is 13.6. The van der Waals surface area contributed by atoms with E-state index in [2.05, 4.69) is 26.8 Å². The summed E-state index contributed by atoms with van der Waals surface area (Å²) in [5.41, 5.74) is 0. The third kappa shape index (κ3) is 2.08. The van der Waals surface area contributed by atoms with Crippen molar-refractivity contribution in [2.45, 2.75) is 38.3 Å². The van der Waals surface area contributed by atoms with Crippen molar-refractivity contribution < 1.29 is 0 Å². The fourth-order valence-electron chi connectivity index (χ4n) is 3.21. The zero-order valence-electron chi connectivity index (χ0n) is 10.9. The number of likely N-dealkylation sites (N-methyl/N-ethyl adjacent to an activating group) is 1. The summed E-state index contributed by atoms with van der Waals surface area (Å²) in [7, 11) is 2.20. The molecule has 4 nitrogen and oxygen atoms in total. The predicted molar refractivity (Wildman–Crippen MR) is 73.2 cm³/mol. The monoisotopic (exact) mass is 266 g/mol. The molecule has 0 aromatic carbocycles. The number of likely N-dealkylation sites (tertiary alicyclic amines) is 1. The number of anilines is 1. The van der Waals surface area contributed by atoms with E-state index in [0.29, 0.717) is 17.1 Å². The van der Waals surface area contributed by atoms with Crippen LogP contribution in [-0.4, -0.2) is 47.1 Å². The summed E-state index contributed by atoms with van der Waals surface area (Å²) in [6.45, 7) is 4.20. The Balaban J connectivity index is 1.97. The van der Waals surface area contributed by atoms with Gasteiger partial charge >= 0.3 is 0 Å². The first-order valence-corrected chi connectivity index (χ1v) is 6.99. The summed E-state index contributed by atoms with van der Waals surface area (Å²) in [6, 6.07) is 1.14. The molecule has 0 N–H and O–H groups in total. The van der Waals surface area contributed by atoms with Gasteiger partial charge in [-0.3, -0.25) is 0 Å². The molecule has 2 aliphatic rings. The maximum atomic E-state index is 6.30. The minimum atomic E-state index is 0.550. The van der Waals surface area contributed by atoms with Crippen LogP contribution in [0.1, 0.15) is 25.1 Å². The van der Waals surface area contributed by atoms with Crippen LogP contribution >= 0.6 is 11.6 Å². The van der Waals surface area contributed by atoms with Crippen LogP contribution in [0.25, 0.3) is 0 Å². The van der Waals surface area contributed by atoms with Crippen molar-refractivity contribution in [1.29, 1.82) is 0 Å². The molecular formula is C13H19ClN4. The van der Waals surface area contributed by atoms with Crippen LogP contribution in [0.15, 0.2) is 6.20 Å². The van der Waals surface area contributed by atoms with Crippen LogP contribution in [0.3, 0.4) is 0 Å². The van der Waals surface area contributed by atoms with Gasteiger partial charge in [0.15, 0.2) is 5.82 Å². The van der Waals surface area contributed by atoms with Gasteiger partial charge in [-0.25, -0.2) is 9.97 Å². The Kier molecular flexibility index (Phi) is 3.16. The normalized spacial score (nSPS) is 28.5. The first-order valence-electron chi connectivity index (χ1n) is 6.61. The Morgan fingerprint density at radius 3 is 2.89 bits per heavy atom. The van der Waals surface area contributed by atoms with Gasteiger partial charge in [-0.2, -0.15) is 0 Å². The minimum Gasteiger partial charge on any atom is -0.348 e. The van der Waals surface area contributed by atoms with Crippen LogP contribution in [0.5, 0.6) is 0 Å². The van der Waals surface area contributed by atoms with Gasteiger partial charge in [0, 0.05) is 18.6 Å². The van der Waals surface area contributed by atoms with Crippen molar-refractivity contribution in [1.82, 2.24) is 14.9 Å². The largest absolute Gasteiger partial charge is 0.348 e. The summed E-state index contributed by atoms with van der Waals surface area (Å²) in [5.74, 6) is 1.73. The molecule has 3 rings (SSSR count). The zero-order valence-corrected chi connectivity index (χ0v) is 11.7. The Bertz CT molecular complexity index is 451. The van der Waals surface area contributed by atoms with E-state index >= 15 is 0 Å². The summed E-state index contributed by atoms with van der Waals surface area (Å²) < 4.78 is 0. The second-order valence-corrected chi connectivity index (χ2v) is 5.84. The SMILES string of the molecule is Cc1ncc(Cl)c(N2[C@@H]3CC[C@H]2CN(C)CC3)n1. The molecular weight excluding hydrogens is 248 g/mol. The van der Waals surface area contributed by atoms with Gasteiger partial charge in [0.05, 0.1) is 6.20 Å². The van der Waals surface area contributed by atoms with Gasteiger partial charge in [-0.05, 0) is 39.8 Å². The Morgan fingerprint density at radius 2 is 2.06 bits per heavy atom. The number of aromatic nitrogens is 2. The lowest BCUT2D eigenvalue weighted by Gasteiger charge is -2.30. The van der Waals surface area contributed by atoms with E-state index in [1.165, 1.54) is 25.8 Å². The Labute approximate surface area is 113 Å². The molecule has 0 radical (unpaired) electrons. The standard InChI is InChI=1S/C13H19ClN4/c1-9-15-7-12(14)13(16-9)18-10-3-4-11(18)8-17(2)6-5-10/h7,10-11H,3-6,8H2,1-2H3/t10-,11+/m1/s1. The highest BCUT2D eigenvalue weighted by Gasteiger charge is 2.38. The number of hydrogen-bond acceptors (Lipinski definition) is 4. The molecule has 0 aliphatic carbocycles. The van der Waals surface area contributed by atoms with Gasteiger partial charge in [0.1, 0.15) is 10.8 Å². The van der Waals surface area contributed by atoms with Crippen LogP contribution in [0.4, 0.5) is 5.82 Å². The Morgan fingerprint density at radius 1 is 1.28 bits per heavy atom. The van der Waals surface area contributed by atoms with E-state index in [9.17, 15) is 0 Å². The summed E-state index contributed by atoms with van der Waals surface area (Å²) >= 11 is 6.30. The number of fused-ring (bicyclic) bond motifs is 2. The zero-order chi connectivity index (χ0) is 12.7. The lowest BCUT2D eigenvalue weighted by molar-refractivity contribution is 0.315. The van der Waals surface area contributed by atoms with Crippen molar-refractivity contribution in [3.05, 3.63) is 17.0 Å². The Hall–Kier alpha value is -0.870. The van der Waals surface area contributed by atoms with Crippen LogP contribution in [0, 0.1) is 6.92 Å². The van der Waals surface area contributed by atoms with Crippen molar-refractivity contribution in [3.63, 3.8) is 0 Å². The number of hydrogen-bond donors (Lipinski definition) is 0. The van der Waals surface area contributed by atoms with Gasteiger partial charge in [-0.1, -0.05) is 11.6 Å². The van der Waals surface area contributed by atoms with E-state index in [0.717, 1.165) is 18.2 Å². The molecule has 3 heterocycles. The van der Waals surface area contributed by atoms with Gasteiger partial charge in [0.2, 0.25) is 0 Å². The quantitative estimate of drug-likeness (QED) is 0.779. The van der Waals surface area contributed by atoms with Crippen molar-refractivity contribution in [2.24, 2.45) is 0 Å². The van der Waals surface area contributed by atoms with E-state index in [-0.39, 0.29) is 0 Å². The second kappa shape index (κ2) is 4.67. The molecule has 2 fully saturated rings. The number of rotatable bonds is 1. The molecule has 2 atom stereocenters. The fourth-order valence-corrected chi connectivity index (χ4v) is 3.40. The topological polar surface area (TPSA) is 32.3 Å². The fraction of sp³-hybridized carbons (Fsp3) is 0.692. The maximum absolute atomic E-state index is 6.30. The van der Waals surface area contributed by atoms with Crippen LogP contribution in [0.2, 0.25) is 5.02 Å². The average Bonchev–Trinajstić information content (AvgIpc) is 2.63. The summed E-state index contributed by atoms with van der Waals surface area (Å²) in [6.07, 6.45) is 5.44. The lowest BCUT2D eigenvalue weighted by Crippen LogP contribution is -2.39. The molecule has 2 bridgehead atoms. The van der Waals surface area contributed by atoms with E-state index < -0.39 is 0 Å². The first-order chi connectivity index (χ1) is 8.65. The maximum Gasteiger partial charge on any atom is 0.151 e. The highest BCUT2D eigenvalue weighted by molar-refractivity contribution is 6.32. The van der Waals surface area contributed by atoms with Crippen molar-refractivity contribution in [3.8, 4) is 0 Å². The molecule has 5 heteroatoms. The molecule has 0 unspecified atom stereocenters. The number of halogens is 1. The van der Waals surface area contributed by atoms with E-state index in [1.54, 1.807) is 6.20 Å². The summed E-state index contributed by atoms with van der Waals surface area (Å²) in [5, 5.41) is 0.682. The lowest BCUT2D eigenvalue weighted by atomic mass is 10.1. The highest BCUT2D eigenvalue weighted by Crippen LogP contribution is 2.36. The first kappa shape index (κ1) is 12.2. The molecule has 2 aliphatic heterocycles. The van der Waals surface area contributed by atoms with Gasteiger partial charge in [-0.15, -0.1) is 0 Å². The molecule has 98 valence electrons. The van der Waals surface area contributed by atoms with Crippen LogP contribution in [-0.2, 0) is 0 Å². The molecule has 18 heavy (non-hydrogen) atoms. The molecule has 1 aromatic rings. The molecule has 0 amide bonds. The predicted octanol–water partition coefficient (Wildman–Crippen LogP) is 2.11. The molecule has 2 saturated heterocycles. The second-order valence-electron chi connectivity index (χ2n) is 5.43. The third-order valence-electron chi connectivity index (χ3n) is 4.08. The van der Waals surface area contributed by atoms with Crippen molar-refractivity contribution >= 4 is 17.4 Å². The highest BCUT2D eigenvalue weighted by atomic mass is 35.5. The van der Waals surface area contributed by atoms with Gasteiger partial charge < -0.3 is 9.80 Å². The van der Waals surface area contributed by atoms with E-state index in [4.69, 9.17) is 11.6 Å². The number of nitrogens with zero attached hydrogens (tertiary/aromatic N) is 4. The molecule has 1 aromatic heterocycles. The van der Waals surface area contributed by atoms with Gasteiger partial charge in [0.25, 0.3) is 0 Å². The molecule has 0 spiro atoms. The average molecular weight is 267 g/mol. The smallest absolute Gasteiger partial charge is 0.151 e. The molecule has 0 saturated carbocycles. The van der Waals surface area contributed by atoms with Crippen LogP contribution < -0.4 is 4.90 Å². The third-order valence-corrected chi connectivity index (χ3v) is 4.34. The number of aryl methyl sites for hydroxylation is 1. The van der Waals surface area contributed by atoms with E-state index in [1.807, 2.05) is 6.92 Å². The van der Waals surface area contributed by atoms with Crippen molar-refractivity contribution in [2.75, 3.05) is 25.0 Å². The minimum absolute atomic E-state index is 0.550.